The highest BCUT2D eigenvalue weighted by atomic mass is 35.5. The monoisotopic (exact) mass is 429 g/mol. The van der Waals surface area contributed by atoms with Crippen molar-refractivity contribution in [3.8, 4) is 0 Å². The predicted octanol–water partition coefficient (Wildman–Crippen LogP) is 2.92. The SMILES string of the molecule is CN1C(=O)N(c2ccc(C(=O)O)c(Cc3ccccc3)c2)C2(CCNCC2)C1=O.Cl. The molecule has 2 aromatic rings. The Morgan fingerprint density at radius 2 is 1.77 bits per heavy atom. The van der Waals surface area contributed by atoms with Crippen molar-refractivity contribution in [3.63, 3.8) is 0 Å². The Morgan fingerprint density at radius 1 is 1.10 bits per heavy atom. The number of amides is 3. The number of halogens is 1. The Labute approximate surface area is 181 Å². The molecule has 2 heterocycles. The van der Waals surface area contributed by atoms with Gasteiger partial charge in [0.05, 0.1) is 5.56 Å². The van der Waals surface area contributed by atoms with E-state index in [0.717, 1.165) is 5.56 Å². The fraction of sp³-hybridized carbons (Fsp3) is 0.318. The van der Waals surface area contributed by atoms with Crippen LogP contribution in [-0.2, 0) is 11.2 Å². The van der Waals surface area contributed by atoms with Crippen LogP contribution >= 0.6 is 12.4 Å². The number of urea groups is 1. The average molecular weight is 430 g/mol. The molecule has 0 radical (unpaired) electrons. The zero-order valence-corrected chi connectivity index (χ0v) is 17.4. The van der Waals surface area contributed by atoms with E-state index in [1.54, 1.807) is 17.0 Å². The lowest BCUT2D eigenvalue weighted by Crippen LogP contribution is -2.56. The number of hydrogen-bond donors (Lipinski definition) is 2. The largest absolute Gasteiger partial charge is 0.478 e. The average Bonchev–Trinajstić information content (AvgIpc) is 2.90. The number of anilines is 1. The number of rotatable bonds is 4. The zero-order chi connectivity index (χ0) is 20.6. The minimum absolute atomic E-state index is 0. The van der Waals surface area contributed by atoms with Crippen molar-refractivity contribution >= 4 is 36.0 Å². The second-order valence-electron chi connectivity index (χ2n) is 7.57. The van der Waals surface area contributed by atoms with E-state index in [1.807, 2.05) is 30.3 Å². The number of nitrogens with one attached hydrogen (secondary N) is 1. The van der Waals surface area contributed by atoms with Gasteiger partial charge in [0.25, 0.3) is 5.91 Å². The van der Waals surface area contributed by atoms with Crippen molar-refractivity contribution in [2.45, 2.75) is 24.8 Å². The standard InChI is InChI=1S/C22H23N3O4.ClH/c1-24-20(28)22(9-11-23-12-10-22)25(21(24)29)17-7-8-18(19(26)27)16(14-17)13-15-5-3-2-4-6-15;/h2-8,14,23H,9-13H2,1H3,(H,26,27);1H. The molecule has 0 unspecified atom stereocenters. The first-order chi connectivity index (χ1) is 13.9. The molecule has 0 bridgehead atoms. The molecule has 1 spiro atoms. The molecule has 2 aromatic carbocycles. The Morgan fingerprint density at radius 3 is 2.40 bits per heavy atom. The van der Waals surface area contributed by atoms with E-state index in [1.165, 1.54) is 18.0 Å². The smallest absolute Gasteiger partial charge is 0.335 e. The van der Waals surface area contributed by atoms with Crippen LogP contribution in [0.4, 0.5) is 10.5 Å². The summed E-state index contributed by atoms with van der Waals surface area (Å²) in [5, 5.41) is 12.9. The fourth-order valence-corrected chi connectivity index (χ4v) is 4.35. The van der Waals surface area contributed by atoms with Gasteiger partial charge in [-0.15, -0.1) is 12.4 Å². The highest BCUT2D eigenvalue weighted by Gasteiger charge is 2.56. The first kappa shape index (κ1) is 21.8. The van der Waals surface area contributed by atoms with E-state index < -0.39 is 11.5 Å². The van der Waals surface area contributed by atoms with Crippen molar-refractivity contribution in [3.05, 3.63) is 65.2 Å². The molecule has 8 heteroatoms. The molecule has 30 heavy (non-hydrogen) atoms. The molecule has 0 aliphatic carbocycles. The summed E-state index contributed by atoms with van der Waals surface area (Å²) in [4.78, 5) is 40.4. The Hall–Kier alpha value is -2.90. The number of benzene rings is 2. The summed E-state index contributed by atoms with van der Waals surface area (Å²) < 4.78 is 0. The van der Waals surface area contributed by atoms with Crippen LogP contribution in [0.5, 0.6) is 0 Å². The summed E-state index contributed by atoms with van der Waals surface area (Å²) in [5.74, 6) is -1.21. The summed E-state index contributed by atoms with van der Waals surface area (Å²) in [5.41, 5.74) is 1.44. The highest BCUT2D eigenvalue weighted by Crippen LogP contribution is 2.39. The van der Waals surface area contributed by atoms with Crippen LogP contribution in [0.1, 0.15) is 34.3 Å². The topological polar surface area (TPSA) is 90.0 Å². The summed E-state index contributed by atoms with van der Waals surface area (Å²) in [6.07, 6.45) is 1.48. The molecule has 2 fully saturated rings. The number of carboxylic acids is 1. The molecule has 7 nitrogen and oxygen atoms in total. The van der Waals surface area contributed by atoms with Gasteiger partial charge in [0.2, 0.25) is 0 Å². The van der Waals surface area contributed by atoms with E-state index >= 15 is 0 Å². The van der Waals surface area contributed by atoms with Crippen LogP contribution in [0.25, 0.3) is 0 Å². The third-order valence-corrected chi connectivity index (χ3v) is 5.85. The van der Waals surface area contributed by atoms with Gasteiger partial charge in [0, 0.05) is 12.7 Å². The van der Waals surface area contributed by atoms with E-state index in [9.17, 15) is 19.5 Å². The van der Waals surface area contributed by atoms with Gasteiger partial charge >= 0.3 is 12.0 Å². The normalized spacial score (nSPS) is 17.9. The Balaban J connectivity index is 0.00000256. The molecule has 0 atom stereocenters. The summed E-state index contributed by atoms with van der Waals surface area (Å²) in [6, 6.07) is 14.1. The van der Waals surface area contributed by atoms with Crippen molar-refractivity contribution < 1.29 is 19.5 Å². The number of likely N-dealkylation sites (N-methyl/N-ethyl adjacent to an activating group) is 1. The molecule has 4 rings (SSSR count). The number of nitrogens with zero attached hydrogens (tertiary/aromatic N) is 2. The quantitative estimate of drug-likeness (QED) is 0.729. The van der Waals surface area contributed by atoms with Gasteiger partial charge < -0.3 is 10.4 Å². The van der Waals surface area contributed by atoms with E-state index in [-0.39, 0.29) is 29.9 Å². The Bertz CT molecular complexity index is 974. The summed E-state index contributed by atoms with van der Waals surface area (Å²) in [6.45, 7) is 1.29. The number of aromatic carboxylic acids is 1. The molecule has 3 amide bonds. The number of piperidine rings is 1. The third-order valence-electron chi connectivity index (χ3n) is 5.85. The lowest BCUT2D eigenvalue weighted by atomic mass is 9.86. The van der Waals surface area contributed by atoms with Gasteiger partial charge in [-0.1, -0.05) is 30.3 Å². The van der Waals surface area contributed by atoms with Crippen LogP contribution in [0.2, 0.25) is 0 Å². The first-order valence-electron chi connectivity index (χ1n) is 9.67. The van der Waals surface area contributed by atoms with E-state index in [4.69, 9.17) is 0 Å². The second kappa shape index (κ2) is 8.45. The molecular weight excluding hydrogens is 406 g/mol. The van der Waals surface area contributed by atoms with Gasteiger partial charge in [-0.05, 0) is 61.7 Å². The number of imide groups is 1. The number of carboxylic acid groups (broad SMARTS) is 1. The molecular formula is C22H24ClN3O4. The van der Waals surface area contributed by atoms with Crippen LogP contribution in [0.15, 0.2) is 48.5 Å². The second-order valence-corrected chi connectivity index (χ2v) is 7.57. The maximum atomic E-state index is 13.0. The van der Waals surface area contributed by atoms with Gasteiger partial charge in [-0.3, -0.25) is 14.6 Å². The Kier molecular flexibility index (Phi) is 6.14. The fourth-order valence-electron chi connectivity index (χ4n) is 4.35. The molecule has 2 aliphatic rings. The minimum atomic E-state index is -1.01. The number of carbonyl (C=O) groups is 3. The zero-order valence-electron chi connectivity index (χ0n) is 16.6. The molecule has 2 saturated heterocycles. The maximum Gasteiger partial charge on any atom is 0.335 e. The summed E-state index contributed by atoms with van der Waals surface area (Å²) >= 11 is 0. The third kappa shape index (κ3) is 3.55. The van der Waals surface area contributed by atoms with Crippen molar-refractivity contribution in [1.82, 2.24) is 10.2 Å². The maximum absolute atomic E-state index is 13.0. The lowest BCUT2D eigenvalue weighted by Gasteiger charge is -2.38. The number of carbonyl (C=O) groups excluding carboxylic acids is 2. The van der Waals surface area contributed by atoms with Crippen molar-refractivity contribution in [2.75, 3.05) is 25.0 Å². The summed E-state index contributed by atoms with van der Waals surface area (Å²) in [7, 11) is 1.50. The van der Waals surface area contributed by atoms with E-state index in [0.29, 0.717) is 43.6 Å². The van der Waals surface area contributed by atoms with Gasteiger partial charge in [-0.25, -0.2) is 9.59 Å². The van der Waals surface area contributed by atoms with Crippen molar-refractivity contribution in [1.29, 1.82) is 0 Å². The van der Waals surface area contributed by atoms with Crippen LogP contribution in [0.3, 0.4) is 0 Å². The predicted molar refractivity (Wildman–Crippen MR) is 115 cm³/mol. The highest BCUT2D eigenvalue weighted by molar-refractivity contribution is 6.16. The minimum Gasteiger partial charge on any atom is -0.478 e. The van der Waals surface area contributed by atoms with Crippen molar-refractivity contribution in [2.24, 2.45) is 0 Å². The molecule has 2 N–H and O–H groups in total. The molecule has 0 saturated carbocycles. The van der Waals surface area contributed by atoms with E-state index in [2.05, 4.69) is 5.32 Å². The first-order valence-corrected chi connectivity index (χ1v) is 9.67. The van der Waals surface area contributed by atoms with Gasteiger partial charge in [-0.2, -0.15) is 0 Å². The van der Waals surface area contributed by atoms with Gasteiger partial charge in [0.1, 0.15) is 5.54 Å². The molecule has 158 valence electrons. The van der Waals surface area contributed by atoms with Gasteiger partial charge in [0.15, 0.2) is 0 Å². The lowest BCUT2D eigenvalue weighted by molar-refractivity contribution is -0.130. The number of hydrogen-bond acceptors (Lipinski definition) is 4. The van der Waals surface area contributed by atoms with Crippen LogP contribution in [-0.4, -0.2) is 53.6 Å². The van der Waals surface area contributed by atoms with Crippen LogP contribution < -0.4 is 10.2 Å². The molecule has 0 aromatic heterocycles. The van der Waals surface area contributed by atoms with Crippen LogP contribution in [0, 0.1) is 0 Å². The molecule has 2 aliphatic heterocycles.